The molecule has 4 nitrogen and oxygen atoms in total. The zero-order valence-corrected chi connectivity index (χ0v) is 12.0. The molecule has 0 aliphatic heterocycles. The minimum absolute atomic E-state index is 0.217. The molecular formula is C12H16ClN3OS. The Morgan fingerprint density at radius 1 is 1.61 bits per heavy atom. The summed E-state index contributed by atoms with van der Waals surface area (Å²) in [5.41, 5.74) is 2.19. The van der Waals surface area contributed by atoms with E-state index in [1.807, 2.05) is 23.1 Å². The first-order chi connectivity index (χ1) is 8.69. The second-order valence-corrected chi connectivity index (χ2v) is 5.58. The van der Waals surface area contributed by atoms with Gasteiger partial charge in [-0.25, -0.2) is 0 Å². The molecule has 0 fully saturated rings. The monoisotopic (exact) mass is 285 g/mol. The third kappa shape index (κ3) is 3.48. The SMILES string of the molecule is COCCn1cc(NC(C)c2csc(Cl)c2)cn1. The first-order valence-corrected chi connectivity index (χ1v) is 6.96. The fourth-order valence-corrected chi connectivity index (χ4v) is 2.61. The van der Waals surface area contributed by atoms with Crippen LogP contribution in [-0.2, 0) is 11.3 Å². The maximum atomic E-state index is 5.93. The number of rotatable bonds is 6. The molecule has 0 radical (unpaired) electrons. The van der Waals surface area contributed by atoms with Crippen molar-refractivity contribution in [2.24, 2.45) is 0 Å². The van der Waals surface area contributed by atoms with Crippen LogP contribution in [0.4, 0.5) is 5.69 Å². The lowest BCUT2D eigenvalue weighted by molar-refractivity contribution is 0.183. The van der Waals surface area contributed by atoms with Gasteiger partial charge in [-0.1, -0.05) is 11.6 Å². The molecule has 2 aromatic heterocycles. The molecule has 0 spiro atoms. The lowest BCUT2D eigenvalue weighted by atomic mass is 10.2. The van der Waals surface area contributed by atoms with Crippen LogP contribution in [0.25, 0.3) is 0 Å². The number of methoxy groups -OCH3 is 1. The third-order valence-electron chi connectivity index (χ3n) is 2.63. The molecule has 1 atom stereocenters. The molecule has 98 valence electrons. The van der Waals surface area contributed by atoms with Crippen LogP contribution in [0, 0.1) is 0 Å². The van der Waals surface area contributed by atoms with Gasteiger partial charge >= 0.3 is 0 Å². The van der Waals surface area contributed by atoms with Gasteiger partial charge in [-0.15, -0.1) is 11.3 Å². The van der Waals surface area contributed by atoms with Crippen molar-refractivity contribution in [1.29, 1.82) is 0 Å². The summed E-state index contributed by atoms with van der Waals surface area (Å²) in [4.78, 5) is 0. The normalized spacial score (nSPS) is 12.6. The Morgan fingerprint density at radius 3 is 3.11 bits per heavy atom. The molecule has 2 heterocycles. The highest BCUT2D eigenvalue weighted by atomic mass is 35.5. The fraction of sp³-hybridized carbons (Fsp3) is 0.417. The minimum Gasteiger partial charge on any atom is -0.383 e. The van der Waals surface area contributed by atoms with Gasteiger partial charge < -0.3 is 10.1 Å². The molecule has 0 saturated heterocycles. The van der Waals surface area contributed by atoms with Crippen molar-refractivity contribution >= 4 is 28.6 Å². The number of ether oxygens (including phenoxy) is 1. The van der Waals surface area contributed by atoms with Crippen LogP contribution in [-0.4, -0.2) is 23.5 Å². The first-order valence-electron chi connectivity index (χ1n) is 5.71. The lowest BCUT2D eigenvalue weighted by Crippen LogP contribution is -2.06. The second kappa shape index (κ2) is 6.22. The van der Waals surface area contributed by atoms with Crippen molar-refractivity contribution < 1.29 is 4.74 Å². The number of hydrogen-bond acceptors (Lipinski definition) is 4. The van der Waals surface area contributed by atoms with Gasteiger partial charge in [0.2, 0.25) is 0 Å². The summed E-state index contributed by atoms with van der Waals surface area (Å²) >= 11 is 7.48. The highest BCUT2D eigenvalue weighted by Crippen LogP contribution is 2.26. The molecule has 0 amide bonds. The Morgan fingerprint density at radius 2 is 2.44 bits per heavy atom. The van der Waals surface area contributed by atoms with Crippen molar-refractivity contribution in [3.8, 4) is 0 Å². The largest absolute Gasteiger partial charge is 0.383 e. The Labute approximate surface area is 116 Å². The van der Waals surface area contributed by atoms with Gasteiger partial charge in [0, 0.05) is 19.3 Å². The van der Waals surface area contributed by atoms with Gasteiger partial charge in [0.25, 0.3) is 0 Å². The van der Waals surface area contributed by atoms with E-state index >= 15 is 0 Å². The molecule has 1 unspecified atom stereocenters. The first kappa shape index (κ1) is 13.4. The molecule has 0 saturated carbocycles. The summed E-state index contributed by atoms with van der Waals surface area (Å²) in [5, 5.41) is 9.71. The minimum atomic E-state index is 0.217. The maximum Gasteiger partial charge on any atom is 0.0931 e. The van der Waals surface area contributed by atoms with Crippen LogP contribution < -0.4 is 5.32 Å². The molecule has 0 bridgehead atoms. The quantitative estimate of drug-likeness (QED) is 0.884. The molecule has 2 rings (SSSR count). The fourth-order valence-electron chi connectivity index (χ4n) is 1.63. The van der Waals surface area contributed by atoms with Gasteiger partial charge in [0.15, 0.2) is 0 Å². The van der Waals surface area contributed by atoms with E-state index in [1.165, 1.54) is 5.56 Å². The number of halogens is 1. The Balaban J connectivity index is 1.94. The Kier molecular flexibility index (Phi) is 4.63. The van der Waals surface area contributed by atoms with Crippen LogP contribution in [0.1, 0.15) is 18.5 Å². The van der Waals surface area contributed by atoms with E-state index in [0.717, 1.165) is 16.6 Å². The molecular weight excluding hydrogens is 270 g/mol. The molecule has 1 N–H and O–H groups in total. The van der Waals surface area contributed by atoms with Crippen LogP contribution in [0.5, 0.6) is 0 Å². The molecule has 6 heteroatoms. The van der Waals surface area contributed by atoms with Crippen molar-refractivity contribution in [3.05, 3.63) is 33.7 Å². The lowest BCUT2D eigenvalue weighted by Gasteiger charge is -2.11. The van der Waals surface area contributed by atoms with Gasteiger partial charge in [-0.2, -0.15) is 5.10 Å². The molecule has 0 aromatic carbocycles. The van der Waals surface area contributed by atoms with Crippen LogP contribution in [0.3, 0.4) is 0 Å². The van der Waals surface area contributed by atoms with Gasteiger partial charge in [-0.3, -0.25) is 4.68 Å². The predicted molar refractivity (Wildman–Crippen MR) is 75.5 cm³/mol. The Bertz CT molecular complexity index is 497. The number of anilines is 1. The van der Waals surface area contributed by atoms with Crippen molar-refractivity contribution in [3.63, 3.8) is 0 Å². The highest BCUT2D eigenvalue weighted by molar-refractivity contribution is 7.14. The topological polar surface area (TPSA) is 39.1 Å². The number of nitrogens with zero attached hydrogens (tertiary/aromatic N) is 2. The summed E-state index contributed by atoms with van der Waals surface area (Å²) in [6.07, 6.45) is 3.80. The predicted octanol–water partition coefficient (Wildman–Crippen LogP) is 3.42. The smallest absolute Gasteiger partial charge is 0.0931 e. The van der Waals surface area contributed by atoms with Gasteiger partial charge in [0.05, 0.1) is 29.4 Å². The second-order valence-electron chi connectivity index (χ2n) is 4.04. The average molecular weight is 286 g/mol. The van der Waals surface area contributed by atoms with Crippen molar-refractivity contribution in [1.82, 2.24) is 9.78 Å². The van der Waals surface area contributed by atoms with E-state index in [1.54, 1.807) is 18.4 Å². The summed E-state index contributed by atoms with van der Waals surface area (Å²) in [7, 11) is 1.69. The van der Waals surface area contributed by atoms with Gasteiger partial charge in [0.1, 0.15) is 0 Å². The number of aromatic nitrogens is 2. The van der Waals surface area contributed by atoms with Crippen molar-refractivity contribution in [2.45, 2.75) is 19.5 Å². The van der Waals surface area contributed by atoms with E-state index in [9.17, 15) is 0 Å². The standard InChI is InChI=1S/C12H16ClN3OS/c1-9(10-5-12(13)18-8-10)15-11-6-14-16(7-11)3-4-17-2/h5-9,15H,3-4H2,1-2H3. The molecule has 0 aliphatic carbocycles. The number of hydrogen-bond donors (Lipinski definition) is 1. The summed E-state index contributed by atoms with van der Waals surface area (Å²) in [6, 6.07) is 2.20. The Hall–Kier alpha value is -1.04. The summed E-state index contributed by atoms with van der Waals surface area (Å²) in [5.74, 6) is 0. The van der Waals surface area contributed by atoms with Crippen LogP contribution >= 0.6 is 22.9 Å². The maximum absolute atomic E-state index is 5.93. The van der Waals surface area contributed by atoms with Crippen LogP contribution in [0.2, 0.25) is 4.34 Å². The average Bonchev–Trinajstić information content (AvgIpc) is 2.96. The molecule has 18 heavy (non-hydrogen) atoms. The van der Waals surface area contributed by atoms with Crippen LogP contribution in [0.15, 0.2) is 23.8 Å². The van der Waals surface area contributed by atoms with E-state index in [0.29, 0.717) is 6.61 Å². The molecule has 0 aliphatic rings. The zero-order valence-electron chi connectivity index (χ0n) is 10.4. The van der Waals surface area contributed by atoms with E-state index < -0.39 is 0 Å². The number of thiophene rings is 1. The molecule has 2 aromatic rings. The van der Waals surface area contributed by atoms with E-state index in [-0.39, 0.29) is 6.04 Å². The summed E-state index contributed by atoms with van der Waals surface area (Å²) < 4.78 is 7.69. The number of nitrogens with one attached hydrogen (secondary N) is 1. The van der Waals surface area contributed by atoms with Crippen molar-refractivity contribution in [2.75, 3.05) is 19.0 Å². The van der Waals surface area contributed by atoms with E-state index in [4.69, 9.17) is 16.3 Å². The van der Waals surface area contributed by atoms with Gasteiger partial charge in [-0.05, 0) is 23.9 Å². The summed E-state index contributed by atoms with van der Waals surface area (Å²) in [6.45, 7) is 3.53. The highest BCUT2D eigenvalue weighted by Gasteiger charge is 2.08. The third-order valence-corrected chi connectivity index (χ3v) is 3.74. The zero-order chi connectivity index (χ0) is 13.0. The van der Waals surface area contributed by atoms with E-state index in [2.05, 4.69) is 22.7 Å².